The zero-order valence-electron chi connectivity index (χ0n) is 26.4. The summed E-state index contributed by atoms with van der Waals surface area (Å²) in [7, 11) is -0.837. The standard InChI is InChI=1S/C31H44Cl2N2O7Si/c1-30(2,3)41-29(39)34-18-24(28(38)40-7)35-27(37)26-22(32)16-20(17-23(26)33)25(36)14-13-19-11-10-12-21(15-19)42-43(8,9)31(4,5)6/h10-12,15-17,24-25,36H,13-14,18H2,1-9H3,(H,34,39)(H,35,37)/t24-,25?/m0/s1. The van der Waals surface area contributed by atoms with E-state index in [1.54, 1.807) is 20.8 Å². The second-order valence-electron chi connectivity index (χ2n) is 12.9. The normalized spacial score (nSPS) is 13.5. The highest BCUT2D eigenvalue weighted by Gasteiger charge is 2.39. The van der Waals surface area contributed by atoms with Crippen LogP contribution in [0, 0.1) is 0 Å². The lowest BCUT2D eigenvalue weighted by Gasteiger charge is -2.36. The van der Waals surface area contributed by atoms with E-state index in [9.17, 15) is 19.5 Å². The molecule has 0 heterocycles. The summed E-state index contributed by atoms with van der Waals surface area (Å²) in [6.45, 7) is 15.7. The number of methoxy groups -OCH3 is 1. The molecule has 0 aromatic heterocycles. The molecule has 0 aliphatic rings. The van der Waals surface area contributed by atoms with Gasteiger partial charge in [0.25, 0.3) is 5.91 Å². The van der Waals surface area contributed by atoms with Crippen LogP contribution in [0.25, 0.3) is 0 Å². The summed E-state index contributed by atoms with van der Waals surface area (Å²) >= 11 is 12.9. The number of ether oxygens (including phenoxy) is 2. The van der Waals surface area contributed by atoms with Gasteiger partial charge >= 0.3 is 12.1 Å². The first-order chi connectivity index (χ1) is 19.7. The number of hydrogen-bond donors (Lipinski definition) is 3. The molecule has 0 saturated heterocycles. The van der Waals surface area contributed by atoms with Crippen molar-refractivity contribution in [1.29, 1.82) is 0 Å². The van der Waals surface area contributed by atoms with E-state index in [-0.39, 0.29) is 27.2 Å². The van der Waals surface area contributed by atoms with Gasteiger partial charge in [-0.3, -0.25) is 4.79 Å². The van der Waals surface area contributed by atoms with Crippen molar-refractivity contribution in [2.75, 3.05) is 13.7 Å². The number of aryl methyl sites for hydroxylation is 1. The summed E-state index contributed by atoms with van der Waals surface area (Å²) in [6.07, 6.45) is -0.723. The topological polar surface area (TPSA) is 123 Å². The number of benzene rings is 2. The molecule has 0 fully saturated rings. The first-order valence-corrected chi connectivity index (χ1v) is 17.7. The largest absolute Gasteiger partial charge is 0.543 e. The second-order valence-corrected chi connectivity index (χ2v) is 18.4. The van der Waals surface area contributed by atoms with Crippen molar-refractivity contribution in [1.82, 2.24) is 10.6 Å². The van der Waals surface area contributed by atoms with Crippen LogP contribution in [-0.4, -0.2) is 56.7 Å². The maximum absolute atomic E-state index is 13.1. The molecule has 238 valence electrons. The molecule has 2 rings (SSSR count). The smallest absolute Gasteiger partial charge is 0.407 e. The van der Waals surface area contributed by atoms with Crippen molar-refractivity contribution >= 4 is 49.5 Å². The van der Waals surface area contributed by atoms with Gasteiger partial charge in [-0.15, -0.1) is 0 Å². The van der Waals surface area contributed by atoms with Gasteiger partial charge < -0.3 is 29.6 Å². The zero-order valence-corrected chi connectivity index (χ0v) is 28.9. The van der Waals surface area contributed by atoms with Gasteiger partial charge in [0.15, 0.2) is 0 Å². The van der Waals surface area contributed by atoms with E-state index in [1.807, 2.05) is 24.3 Å². The van der Waals surface area contributed by atoms with Crippen molar-refractivity contribution in [3.8, 4) is 5.75 Å². The fourth-order valence-corrected chi connectivity index (χ4v) is 5.45. The van der Waals surface area contributed by atoms with Crippen LogP contribution in [0.1, 0.15) is 75.6 Å². The summed E-state index contributed by atoms with van der Waals surface area (Å²) in [4.78, 5) is 37.4. The quantitative estimate of drug-likeness (QED) is 0.179. The van der Waals surface area contributed by atoms with Gasteiger partial charge in [0.1, 0.15) is 17.4 Å². The van der Waals surface area contributed by atoms with Crippen LogP contribution in [-0.2, 0) is 20.7 Å². The summed E-state index contributed by atoms with van der Waals surface area (Å²) in [5.41, 5.74) is 0.625. The number of alkyl carbamates (subject to hydrolysis) is 1. The zero-order chi connectivity index (χ0) is 32.8. The molecule has 12 heteroatoms. The molecule has 2 atom stereocenters. The predicted octanol–water partition coefficient (Wildman–Crippen LogP) is 6.84. The number of amides is 2. The number of nitrogens with one attached hydrogen (secondary N) is 2. The third-order valence-electron chi connectivity index (χ3n) is 7.10. The lowest BCUT2D eigenvalue weighted by atomic mass is 10.00. The molecule has 2 aromatic carbocycles. The molecule has 0 aliphatic carbocycles. The summed E-state index contributed by atoms with van der Waals surface area (Å²) in [6, 6.07) is 9.56. The van der Waals surface area contributed by atoms with Crippen molar-refractivity contribution in [3.63, 3.8) is 0 Å². The van der Waals surface area contributed by atoms with Gasteiger partial charge in [-0.25, -0.2) is 9.59 Å². The lowest BCUT2D eigenvalue weighted by molar-refractivity contribution is -0.142. The lowest BCUT2D eigenvalue weighted by Crippen LogP contribution is -2.49. The van der Waals surface area contributed by atoms with Crippen LogP contribution >= 0.6 is 23.2 Å². The highest BCUT2D eigenvalue weighted by atomic mass is 35.5. The third kappa shape index (κ3) is 11.0. The Kier molecular flexibility index (Phi) is 12.5. The molecule has 9 nitrogen and oxygen atoms in total. The fourth-order valence-electron chi connectivity index (χ4n) is 3.75. The molecule has 2 amide bonds. The van der Waals surface area contributed by atoms with Gasteiger partial charge in [-0.1, -0.05) is 56.1 Å². The highest BCUT2D eigenvalue weighted by molar-refractivity contribution is 6.74. The molecule has 3 N–H and O–H groups in total. The number of carbonyl (C=O) groups excluding carboxylic acids is 3. The Morgan fingerprint density at radius 2 is 1.60 bits per heavy atom. The first-order valence-electron chi connectivity index (χ1n) is 14.0. The molecule has 43 heavy (non-hydrogen) atoms. The highest BCUT2D eigenvalue weighted by Crippen LogP contribution is 2.37. The predicted molar refractivity (Wildman–Crippen MR) is 172 cm³/mol. The van der Waals surface area contributed by atoms with E-state index < -0.39 is 44.0 Å². The van der Waals surface area contributed by atoms with Crippen molar-refractivity contribution in [2.45, 2.75) is 90.3 Å². The van der Waals surface area contributed by atoms with Crippen LogP contribution in [0.4, 0.5) is 4.79 Å². The van der Waals surface area contributed by atoms with Crippen LogP contribution in [0.15, 0.2) is 36.4 Å². The molecular weight excluding hydrogens is 611 g/mol. The summed E-state index contributed by atoms with van der Waals surface area (Å²) in [5, 5.41) is 15.9. The minimum absolute atomic E-state index is 0.00691. The van der Waals surface area contributed by atoms with Crippen molar-refractivity contribution in [2.24, 2.45) is 0 Å². The van der Waals surface area contributed by atoms with Gasteiger partial charge in [0, 0.05) is 0 Å². The average Bonchev–Trinajstić information content (AvgIpc) is 2.87. The van der Waals surface area contributed by atoms with Crippen molar-refractivity contribution < 1.29 is 33.4 Å². The Morgan fingerprint density at radius 1 is 1.00 bits per heavy atom. The monoisotopic (exact) mass is 654 g/mol. The van der Waals surface area contributed by atoms with E-state index in [0.717, 1.165) is 18.4 Å². The second kappa shape index (κ2) is 14.8. The molecule has 0 radical (unpaired) electrons. The summed E-state index contributed by atoms with van der Waals surface area (Å²) in [5.74, 6) is -0.731. The van der Waals surface area contributed by atoms with Crippen LogP contribution < -0.4 is 15.1 Å². The Morgan fingerprint density at radius 3 is 2.14 bits per heavy atom. The number of aliphatic hydroxyl groups is 1. The molecule has 1 unspecified atom stereocenters. The minimum Gasteiger partial charge on any atom is -0.543 e. The van der Waals surface area contributed by atoms with Gasteiger partial charge in [0.05, 0.1) is 35.4 Å². The maximum Gasteiger partial charge on any atom is 0.407 e. The summed E-state index contributed by atoms with van der Waals surface area (Å²) < 4.78 is 16.3. The van der Waals surface area contributed by atoms with E-state index in [1.165, 1.54) is 12.1 Å². The van der Waals surface area contributed by atoms with E-state index in [0.29, 0.717) is 18.4 Å². The molecule has 2 aromatic rings. The average molecular weight is 656 g/mol. The number of aliphatic hydroxyl groups excluding tert-OH is 1. The van der Waals surface area contributed by atoms with Crippen LogP contribution in [0.5, 0.6) is 5.75 Å². The number of hydrogen-bond acceptors (Lipinski definition) is 7. The molecule has 0 aliphatic heterocycles. The minimum atomic E-state index is -1.99. The van der Waals surface area contributed by atoms with Crippen LogP contribution in [0.2, 0.25) is 28.2 Å². The maximum atomic E-state index is 13.1. The number of rotatable bonds is 11. The number of halogens is 2. The fraction of sp³-hybridized carbons (Fsp3) is 0.516. The SMILES string of the molecule is COC(=O)[C@H](CNC(=O)OC(C)(C)C)NC(=O)c1c(Cl)cc(C(O)CCc2cccc(O[Si](C)(C)C(C)(C)C)c2)cc1Cl. The van der Waals surface area contributed by atoms with E-state index >= 15 is 0 Å². The Labute approximate surface area is 265 Å². The first kappa shape index (κ1) is 36.4. The van der Waals surface area contributed by atoms with Gasteiger partial charge in [0.2, 0.25) is 8.32 Å². The molecule has 0 spiro atoms. The van der Waals surface area contributed by atoms with E-state index in [2.05, 4.69) is 44.5 Å². The number of esters is 1. The van der Waals surface area contributed by atoms with Gasteiger partial charge in [-0.05, 0) is 87.1 Å². The van der Waals surface area contributed by atoms with E-state index in [4.69, 9.17) is 37.1 Å². The Balaban J connectivity index is 2.11. The number of carbonyl (C=O) groups is 3. The molecule has 0 bridgehead atoms. The third-order valence-corrected chi connectivity index (χ3v) is 12.1. The Hall–Kier alpha value is -2.79. The van der Waals surface area contributed by atoms with Crippen LogP contribution in [0.3, 0.4) is 0 Å². The van der Waals surface area contributed by atoms with Crippen molar-refractivity contribution in [3.05, 3.63) is 63.1 Å². The molecule has 0 saturated carbocycles. The Bertz CT molecular complexity index is 1280. The molecular formula is C31H44Cl2N2O7Si. The van der Waals surface area contributed by atoms with Gasteiger partial charge in [-0.2, -0.15) is 0 Å².